The lowest BCUT2D eigenvalue weighted by atomic mass is 9.77. The average Bonchev–Trinajstić information content (AvgIpc) is 2.45. The standard InChI is InChI=1S/C16H30N2O/c1-3-16(8-5-9-17-12-16)15(19)18-11-14-7-4-6-13(2)10-14/h13-14,17H,3-12H2,1-2H3,(H,18,19). The lowest BCUT2D eigenvalue weighted by Gasteiger charge is -2.36. The number of hydrogen-bond acceptors (Lipinski definition) is 2. The molecule has 2 rings (SSSR count). The van der Waals surface area contributed by atoms with Gasteiger partial charge in [0.15, 0.2) is 0 Å². The molecule has 110 valence electrons. The summed E-state index contributed by atoms with van der Waals surface area (Å²) in [4.78, 5) is 12.5. The Bertz CT molecular complexity index is 297. The van der Waals surface area contributed by atoms with E-state index in [2.05, 4.69) is 24.5 Å². The number of carbonyl (C=O) groups is 1. The van der Waals surface area contributed by atoms with Crippen LogP contribution in [0.15, 0.2) is 0 Å². The van der Waals surface area contributed by atoms with E-state index in [-0.39, 0.29) is 5.41 Å². The molecule has 2 fully saturated rings. The number of carbonyl (C=O) groups excluding carboxylic acids is 1. The van der Waals surface area contributed by atoms with Crippen LogP contribution in [0, 0.1) is 17.3 Å². The normalized spacial score (nSPS) is 35.9. The van der Waals surface area contributed by atoms with Crippen LogP contribution in [0.1, 0.15) is 58.8 Å². The van der Waals surface area contributed by atoms with Gasteiger partial charge in [0.25, 0.3) is 0 Å². The molecule has 3 heteroatoms. The molecule has 1 aliphatic heterocycles. The SMILES string of the molecule is CCC1(C(=O)NCC2CCCC(C)C2)CCCNC1. The van der Waals surface area contributed by atoms with Crippen molar-refractivity contribution in [3.05, 3.63) is 0 Å². The summed E-state index contributed by atoms with van der Waals surface area (Å²) in [6.45, 7) is 7.30. The Morgan fingerprint density at radius 1 is 1.37 bits per heavy atom. The molecular formula is C16H30N2O. The molecule has 0 radical (unpaired) electrons. The lowest BCUT2D eigenvalue weighted by Crippen LogP contribution is -2.51. The lowest BCUT2D eigenvalue weighted by molar-refractivity contribution is -0.132. The van der Waals surface area contributed by atoms with E-state index in [9.17, 15) is 4.79 Å². The van der Waals surface area contributed by atoms with Crippen molar-refractivity contribution in [1.82, 2.24) is 10.6 Å². The van der Waals surface area contributed by atoms with Gasteiger partial charge in [-0.3, -0.25) is 4.79 Å². The molecule has 1 saturated heterocycles. The predicted molar refractivity (Wildman–Crippen MR) is 79.0 cm³/mol. The van der Waals surface area contributed by atoms with Crippen LogP contribution in [-0.4, -0.2) is 25.5 Å². The van der Waals surface area contributed by atoms with E-state index in [0.717, 1.165) is 44.8 Å². The zero-order valence-corrected chi connectivity index (χ0v) is 12.6. The number of rotatable bonds is 4. The molecule has 2 N–H and O–H groups in total. The van der Waals surface area contributed by atoms with Gasteiger partial charge in [-0.25, -0.2) is 0 Å². The van der Waals surface area contributed by atoms with E-state index in [0.29, 0.717) is 11.8 Å². The highest BCUT2D eigenvalue weighted by atomic mass is 16.2. The number of nitrogens with one attached hydrogen (secondary N) is 2. The highest BCUT2D eigenvalue weighted by Crippen LogP contribution is 2.31. The Hall–Kier alpha value is -0.570. The Balaban J connectivity index is 1.82. The maximum atomic E-state index is 12.5. The van der Waals surface area contributed by atoms with Gasteiger partial charge in [0.05, 0.1) is 5.41 Å². The van der Waals surface area contributed by atoms with Crippen molar-refractivity contribution in [1.29, 1.82) is 0 Å². The zero-order chi connectivity index (χ0) is 13.7. The van der Waals surface area contributed by atoms with Gasteiger partial charge in [-0.2, -0.15) is 0 Å². The van der Waals surface area contributed by atoms with Crippen LogP contribution in [0.25, 0.3) is 0 Å². The molecule has 0 aromatic carbocycles. The van der Waals surface area contributed by atoms with Crippen molar-refractivity contribution in [2.24, 2.45) is 17.3 Å². The molecule has 0 bridgehead atoms. The summed E-state index contributed by atoms with van der Waals surface area (Å²) < 4.78 is 0. The molecular weight excluding hydrogens is 236 g/mol. The fourth-order valence-electron chi connectivity index (χ4n) is 3.79. The first-order valence-corrected chi connectivity index (χ1v) is 8.15. The molecule has 3 unspecified atom stereocenters. The van der Waals surface area contributed by atoms with Crippen LogP contribution in [0.4, 0.5) is 0 Å². The largest absolute Gasteiger partial charge is 0.355 e. The van der Waals surface area contributed by atoms with Gasteiger partial charge < -0.3 is 10.6 Å². The second-order valence-electron chi connectivity index (χ2n) is 6.76. The average molecular weight is 266 g/mol. The van der Waals surface area contributed by atoms with Crippen molar-refractivity contribution in [3.63, 3.8) is 0 Å². The Labute approximate surface area is 117 Å². The van der Waals surface area contributed by atoms with Crippen LogP contribution < -0.4 is 10.6 Å². The summed E-state index contributed by atoms with van der Waals surface area (Å²) in [5.41, 5.74) is -0.140. The van der Waals surface area contributed by atoms with Gasteiger partial charge in [-0.1, -0.05) is 26.7 Å². The van der Waals surface area contributed by atoms with Crippen LogP contribution in [0.3, 0.4) is 0 Å². The summed E-state index contributed by atoms with van der Waals surface area (Å²) in [5, 5.41) is 6.65. The Kier molecular flexibility index (Phi) is 5.26. The molecule has 1 amide bonds. The van der Waals surface area contributed by atoms with Gasteiger partial charge in [-0.05, 0) is 50.5 Å². The third-order valence-electron chi connectivity index (χ3n) is 5.23. The fourth-order valence-corrected chi connectivity index (χ4v) is 3.79. The smallest absolute Gasteiger partial charge is 0.227 e. The molecule has 1 saturated carbocycles. The summed E-state index contributed by atoms with van der Waals surface area (Å²) in [6, 6.07) is 0. The molecule has 1 heterocycles. The second kappa shape index (κ2) is 6.74. The third kappa shape index (κ3) is 3.71. The summed E-state index contributed by atoms with van der Waals surface area (Å²) in [6.07, 6.45) is 8.41. The minimum absolute atomic E-state index is 0.140. The summed E-state index contributed by atoms with van der Waals surface area (Å²) in [7, 11) is 0. The third-order valence-corrected chi connectivity index (χ3v) is 5.23. The van der Waals surface area contributed by atoms with Crippen molar-refractivity contribution in [2.45, 2.75) is 58.8 Å². The van der Waals surface area contributed by atoms with Crippen LogP contribution in [0.2, 0.25) is 0 Å². The molecule has 0 aromatic heterocycles. The summed E-state index contributed by atoms with van der Waals surface area (Å²) >= 11 is 0. The van der Waals surface area contributed by atoms with Gasteiger partial charge in [0.2, 0.25) is 5.91 Å². The van der Waals surface area contributed by atoms with Crippen molar-refractivity contribution >= 4 is 5.91 Å². The maximum absolute atomic E-state index is 12.5. The van der Waals surface area contributed by atoms with Crippen molar-refractivity contribution < 1.29 is 4.79 Å². The van der Waals surface area contributed by atoms with E-state index in [4.69, 9.17) is 0 Å². The quantitative estimate of drug-likeness (QED) is 0.821. The van der Waals surface area contributed by atoms with Gasteiger partial charge in [-0.15, -0.1) is 0 Å². The monoisotopic (exact) mass is 266 g/mol. The molecule has 0 aromatic rings. The van der Waals surface area contributed by atoms with Crippen molar-refractivity contribution in [3.8, 4) is 0 Å². The van der Waals surface area contributed by atoms with Crippen LogP contribution in [-0.2, 0) is 4.79 Å². The number of hydrogen-bond donors (Lipinski definition) is 2. The van der Waals surface area contributed by atoms with Crippen LogP contribution >= 0.6 is 0 Å². The first-order chi connectivity index (χ1) is 9.16. The van der Waals surface area contributed by atoms with E-state index >= 15 is 0 Å². The molecule has 1 aliphatic carbocycles. The van der Waals surface area contributed by atoms with E-state index in [1.54, 1.807) is 0 Å². The fraction of sp³-hybridized carbons (Fsp3) is 0.938. The topological polar surface area (TPSA) is 41.1 Å². The maximum Gasteiger partial charge on any atom is 0.227 e. The molecule has 3 atom stereocenters. The Morgan fingerprint density at radius 2 is 2.21 bits per heavy atom. The van der Waals surface area contributed by atoms with E-state index < -0.39 is 0 Å². The second-order valence-corrected chi connectivity index (χ2v) is 6.76. The first kappa shape index (κ1) is 14.8. The molecule has 19 heavy (non-hydrogen) atoms. The van der Waals surface area contributed by atoms with E-state index in [1.165, 1.54) is 25.7 Å². The highest BCUT2D eigenvalue weighted by molar-refractivity contribution is 5.83. The van der Waals surface area contributed by atoms with Crippen molar-refractivity contribution in [2.75, 3.05) is 19.6 Å². The van der Waals surface area contributed by atoms with E-state index in [1.807, 2.05) is 0 Å². The van der Waals surface area contributed by atoms with Gasteiger partial charge in [0, 0.05) is 13.1 Å². The molecule has 3 nitrogen and oxygen atoms in total. The van der Waals surface area contributed by atoms with Crippen LogP contribution in [0.5, 0.6) is 0 Å². The predicted octanol–water partition coefficient (Wildman–Crippen LogP) is 2.71. The Morgan fingerprint density at radius 3 is 2.84 bits per heavy atom. The minimum atomic E-state index is -0.140. The van der Waals surface area contributed by atoms with Gasteiger partial charge in [0.1, 0.15) is 0 Å². The minimum Gasteiger partial charge on any atom is -0.355 e. The molecule has 2 aliphatic rings. The number of amides is 1. The number of piperidine rings is 1. The first-order valence-electron chi connectivity index (χ1n) is 8.15. The zero-order valence-electron chi connectivity index (χ0n) is 12.6. The highest BCUT2D eigenvalue weighted by Gasteiger charge is 2.37. The molecule has 0 spiro atoms. The van der Waals surface area contributed by atoms with Gasteiger partial charge >= 0.3 is 0 Å². The summed E-state index contributed by atoms with van der Waals surface area (Å²) in [5.74, 6) is 1.84.